The zero-order valence-electron chi connectivity index (χ0n) is 11.0. The van der Waals surface area contributed by atoms with E-state index < -0.39 is 23.8 Å². The lowest BCUT2D eigenvalue weighted by Gasteiger charge is -2.15. The second-order valence-electron chi connectivity index (χ2n) is 3.91. The fourth-order valence-corrected chi connectivity index (χ4v) is 1.45. The topological polar surface area (TPSA) is 139 Å². The fraction of sp³-hybridized carbons (Fsp3) is 0.455. The van der Waals surface area contributed by atoms with Crippen LogP contribution in [0.1, 0.15) is 5.69 Å². The van der Waals surface area contributed by atoms with Gasteiger partial charge in [0, 0.05) is 18.3 Å². The Kier molecular flexibility index (Phi) is 6.17. The van der Waals surface area contributed by atoms with Crippen LogP contribution in [0, 0.1) is 0 Å². The van der Waals surface area contributed by atoms with Gasteiger partial charge in [-0.2, -0.15) is 0 Å². The molecule has 1 aromatic heterocycles. The molecule has 2 amide bonds. The highest BCUT2D eigenvalue weighted by Gasteiger charge is 2.22. The maximum atomic E-state index is 11.6. The summed E-state index contributed by atoms with van der Waals surface area (Å²) in [5, 5.41) is 4.77. The predicted molar refractivity (Wildman–Crippen MR) is 68.3 cm³/mol. The summed E-state index contributed by atoms with van der Waals surface area (Å²) in [5.74, 6) is -1.55. The molecule has 0 aliphatic heterocycles. The molecule has 0 radical (unpaired) electrons. The summed E-state index contributed by atoms with van der Waals surface area (Å²) in [4.78, 5) is 40.8. The Morgan fingerprint density at radius 3 is 2.75 bits per heavy atom. The minimum atomic E-state index is -0.859. The molecular formula is C11H17N5O4. The van der Waals surface area contributed by atoms with E-state index in [2.05, 4.69) is 25.3 Å². The van der Waals surface area contributed by atoms with Crippen molar-refractivity contribution in [3.63, 3.8) is 0 Å². The number of methoxy groups -OCH3 is 1. The molecule has 1 heterocycles. The maximum Gasteiger partial charge on any atom is 0.328 e. The number of esters is 1. The summed E-state index contributed by atoms with van der Waals surface area (Å²) < 4.78 is 4.61. The number of amides is 2. The van der Waals surface area contributed by atoms with Crippen LogP contribution in [0.3, 0.4) is 0 Å². The number of hydrogen-bond acceptors (Lipinski definition) is 6. The summed E-state index contributed by atoms with van der Waals surface area (Å²) in [6.45, 7) is -0.464. The first-order valence-electron chi connectivity index (χ1n) is 5.88. The standard InChI is InChI=1S/C11H17N5O4/c1-20-11(19)8(2-7-4-13-6-15-7)16-10(18)5-14-9(17)3-12/h4,6,8H,2-3,5,12H2,1H3,(H,13,15)(H,14,17)(H,16,18). The third-order valence-corrected chi connectivity index (χ3v) is 2.43. The summed E-state index contributed by atoms with van der Waals surface area (Å²) in [6.07, 6.45) is 3.22. The van der Waals surface area contributed by atoms with Gasteiger partial charge in [-0.05, 0) is 0 Å². The molecule has 0 fully saturated rings. The van der Waals surface area contributed by atoms with Crippen LogP contribution in [-0.2, 0) is 25.5 Å². The zero-order chi connectivity index (χ0) is 15.0. The van der Waals surface area contributed by atoms with Gasteiger partial charge in [0.15, 0.2) is 0 Å². The Morgan fingerprint density at radius 2 is 2.20 bits per heavy atom. The molecule has 0 saturated heterocycles. The Bertz CT molecular complexity index is 459. The van der Waals surface area contributed by atoms with E-state index in [0.717, 1.165) is 0 Å². The van der Waals surface area contributed by atoms with E-state index in [-0.39, 0.29) is 19.5 Å². The molecule has 9 heteroatoms. The summed E-state index contributed by atoms with van der Waals surface area (Å²) in [7, 11) is 1.23. The van der Waals surface area contributed by atoms with Gasteiger partial charge in [0.25, 0.3) is 0 Å². The number of H-pyrrole nitrogens is 1. The zero-order valence-corrected chi connectivity index (χ0v) is 11.0. The predicted octanol–water partition coefficient (Wildman–Crippen LogP) is -2.32. The molecule has 1 atom stereocenters. The number of nitrogens with zero attached hydrogens (tertiary/aromatic N) is 1. The Morgan fingerprint density at radius 1 is 1.45 bits per heavy atom. The summed E-state index contributed by atoms with van der Waals surface area (Å²) >= 11 is 0. The normalized spacial score (nSPS) is 11.5. The Labute approximate surface area is 115 Å². The van der Waals surface area contributed by atoms with Gasteiger partial charge in [0.05, 0.1) is 26.5 Å². The fourth-order valence-electron chi connectivity index (χ4n) is 1.45. The van der Waals surface area contributed by atoms with Crippen LogP contribution in [0.5, 0.6) is 0 Å². The molecule has 110 valence electrons. The third kappa shape index (κ3) is 5.06. The van der Waals surface area contributed by atoms with Crippen molar-refractivity contribution in [2.45, 2.75) is 12.5 Å². The van der Waals surface area contributed by atoms with E-state index in [1.165, 1.54) is 19.6 Å². The molecule has 5 N–H and O–H groups in total. The lowest BCUT2D eigenvalue weighted by Crippen LogP contribution is -2.47. The highest BCUT2D eigenvalue weighted by Crippen LogP contribution is 2.00. The number of nitrogens with one attached hydrogen (secondary N) is 3. The number of carbonyl (C=O) groups excluding carboxylic acids is 3. The second kappa shape index (κ2) is 7.89. The van der Waals surface area contributed by atoms with Crippen LogP contribution in [0.25, 0.3) is 0 Å². The number of aromatic nitrogens is 2. The van der Waals surface area contributed by atoms with Gasteiger partial charge in [-0.25, -0.2) is 9.78 Å². The van der Waals surface area contributed by atoms with Crippen molar-refractivity contribution in [2.24, 2.45) is 5.73 Å². The van der Waals surface area contributed by atoms with Crippen molar-refractivity contribution in [3.05, 3.63) is 18.2 Å². The van der Waals surface area contributed by atoms with Gasteiger partial charge in [-0.3, -0.25) is 9.59 Å². The van der Waals surface area contributed by atoms with Crippen LogP contribution in [-0.4, -0.2) is 54.0 Å². The van der Waals surface area contributed by atoms with E-state index in [1.807, 2.05) is 0 Å². The number of hydrogen-bond donors (Lipinski definition) is 4. The van der Waals surface area contributed by atoms with Crippen molar-refractivity contribution in [1.82, 2.24) is 20.6 Å². The van der Waals surface area contributed by atoms with Crippen molar-refractivity contribution in [3.8, 4) is 0 Å². The number of rotatable bonds is 7. The largest absolute Gasteiger partial charge is 0.467 e. The van der Waals surface area contributed by atoms with E-state index in [0.29, 0.717) is 5.69 Å². The van der Waals surface area contributed by atoms with Gasteiger partial charge in [0.1, 0.15) is 6.04 Å². The lowest BCUT2D eigenvalue weighted by molar-refractivity contribution is -0.145. The van der Waals surface area contributed by atoms with Crippen molar-refractivity contribution in [1.29, 1.82) is 0 Å². The number of ether oxygens (including phenoxy) is 1. The molecule has 0 aliphatic rings. The lowest BCUT2D eigenvalue weighted by atomic mass is 10.1. The molecule has 1 unspecified atom stereocenters. The van der Waals surface area contributed by atoms with Crippen LogP contribution < -0.4 is 16.4 Å². The van der Waals surface area contributed by atoms with E-state index in [1.54, 1.807) is 0 Å². The van der Waals surface area contributed by atoms with Gasteiger partial charge in [0.2, 0.25) is 11.8 Å². The number of carbonyl (C=O) groups is 3. The average Bonchev–Trinajstić information content (AvgIpc) is 2.96. The van der Waals surface area contributed by atoms with Crippen molar-refractivity contribution >= 4 is 17.8 Å². The Hall–Kier alpha value is -2.42. The van der Waals surface area contributed by atoms with Gasteiger partial charge >= 0.3 is 5.97 Å². The monoisotopic (exact) mass is 283 g/mol. The SMILES string of the molecule is COC(=O)C(Cc1cnc[nH]1)NC(=O)CNC(=O)CN. The molecule has 20 heavy (non-hydrogen) atoms. The average molecular weight is 283 g/mol. The summed E-state index contributed by atoms with van der Waals surface area (Å²) in [6, 6.07) is -0.859. The quantitative estimate of drug-likeness (QED) is 0.414. The molecule has 9 nitrogen and oxygen atoms in total. The first-order valence-corrected chi connectivity index (χ1v) is 5.88. The van der Waals surface area contributed by atoms with Crippen molar-refractivity contribution < 1.29 is 19.1 Å². The molecule has 1 aromatic rings. The van der Waals surface area contributed by atoms with Crippen molar-refractivity contribution in [2.75, 3.05) is 20.2 Å². The number of aromatic amines is 1. The van der Waals surface area contributed by atoms with Gasteiger partial charge in [-0.1, -0.05) is 0 Å². The molecule has 0 aromatic carbocycles. The molecule has 0 saturated carbocycles. The molecular weight excluding hydrogens is 266 g/mol. The highest BCUT2D eigenvalue weighted by molar-refractivity contribution is 5.88. The first-order chi connectivity index (χ1) is 9.56. The molecule has 0 bridgehead atoms. The maximum absolute atomic E-state index is 11.6. The highest BCUT2D eigenvalue weighted by atomic mass is 16.5. The summed E-state index contributed by atoms with van der Waals surface area (Å²) in [5.41, 5.74) is 5.76. The Balaban J connectivity index is 2.54. The second-order valence-corrected chi connectivity index (χ2v) is 3.91. The molecule has 1 rings (SSSR count). The van der Waals surface area contributed by atoms with Gasteiger partial charge in [-0.15, -0.1) is 0 Å². The van der Waals surface area contributed by atoms with Crippen LogP contribution >= 0.6 is 0 Å². The third-order valence-electron chi connectivity index (χ3n) is 2.43. The van der Waals surface area contributed by atoms with Crippen LogP contribution in [0.15, 0.2) is 12.5 Å². The minimum Gasteiger partial charge on any atom is -0.467 e. The number of imidazole rings is 1. The minimum absolute atomic E-state index is 0.206. The smallest absolute Gasteiger partial charge is 0.328 e. The van der Waals surface area contributed by atoms with E-state index in [9.17, 15) is 14.4 Å². The van der Waals surface area contributed by atoms with Crippen LogP contribution in [0.4, 0.5) is 0 Å². The first kappa shape index (κ1) is 15.6. The number of nitrogens with two attached hydrogens (primary N) is 1. The van der Waals surface area contributed by atoms with E-state index in [4.69, 9.17) is 5.73 Å². The van der Waals surface area contributed by atoms with Crippen LogP contribution in [0.2, 0.25) is 0 Å². The molecule has 0 spiro atoms. The molecule has 0 aliphatic carbocycles. The van der Waals surface area contributed by atoms with E-state index >= 15 is 0 Å². The van der Waals surface area contributed by atoms with Gasteiger partial charge < -0.3 is 26.1 Å².